The number of nitrogens with zero attached hydrogens (tertiary/aromatic N) is 2. The van der Waals surface area contributed by atoms with Crippen LogP contribution >= 0.6 is 0 Å². The van der Waals surface area contributed by atoms with Crippen molar-refractivity contribution in [1.29, 1.82) is 0 Å². The molecule has 0 saturated heterocycles. The van der Waals surface area contributed by atoms with Crippen molar-refractivity contribution in [2.75, 3.05) is 17.7 Å². The van der Waals surface area contributed by atoms with Gasteiger partial charge in [-0.1, -0.05) is 43.2 Å². The molecule has 106 valence electrons. The monoisotopic (exact) mass is 270 g/mol. The van der Waals surface area contributed by atoms with E-state index < -0.39 is 0 Å². The molecule has 2 N–H and O–H groups in total. The van der Waals surface area contributed by atoms with Gasteiger partial charge in [-0.15, -0.1) is 0 Å². The van der Waals surface area contributed by atoms with Crippen molar-refractivity contribution in [3.63, 3.8) is 0 Å². The summed E-state index contributed by atoms with van der Waals surface area (Å²) in [5.41, 5.74) is 3.69. The number of benzene rings is 1. The lowest BCUT2D eigenvalue weighted by Gasteiger charge is -2.13. The minimum atomic E-state index is 0.776. The summed E-state index contributed by atoms with van der Waals surface area (Å²) in [5, 5.41) is 6.56. The van der Waals surface area contributed by atoms with Gasteiger partial charge in [0.05, 0.1) is 0 Å². The van der Waals surface area contributed by atoms with E-state index in [-0.39, 0.29) is 0 Å². The van der Waals surface area contributed by atoms with Crippen molar-refractivity contribution in [3.8, 4) is 0 Å². The van der Waals surface area contributed by atoms with Crippen LogP contribution in [0.4, 0.5) is 11.6 Å². The van der Waals surface area contributed by atoms with Crippen LogP contribution in [0, 0.1) is 6.92 Å². The Kier molecular flexibility index (Phi) is 4.93. The van der Waals surface area contributed by atoms with E-state index in [1.54, 1.807) is 6.33 Å². The smallest absolute Gasteiger partial charge is 0.134 e. The zero-order valence-corrected chi connectivity index (χ0v) is 12.4. The van der Waals surface area contributed by atoms with Gasteiger partial charge in [0.1, 0.15) is 18.0 Å². The minimum Gasteiger partial charge on any atom is -0.373 e. The number of nitrogens with one attached hydrogen (secondary N) is 2. The Morgan fingerprint density at radius 3 is 2.65 bits per heavy atom. The van der Waals surface area contributed by atoms with Crippen LogP contribution in [0.25, 0.3) is 0 Å². The largest absolute Gasteiger partial charge is 0.373 e. The molecular formula is C16H22N4. The van der Waals surface area contributed by atoms with Gasteiger partial charge in [0.25, 0.3) is 0 Å². The lowest BCUT2D eigenvalue weighted by molar-refractivity contribution is 0.899. The Balaban J connectivity index is 2.16. The Labute approximate surface area is 120 Å². The van der Waals surface area contributed by atoms with Gasteiger partial charge in [0.15, 0.2) is 0 Å². The third-order valence-electron chi connectivity index (χ3n) is 3.22. The van der Waals surface area contributed by atoms with E-state index in [0.29, 0.717) is 0 Å². The summed E-state index contributed by atoms with van der Waals surface area (Å²) in [7, 11) is 1.89. The van der Waals surface area contributed by atoms with Crippen molar-refractivity contribution in [2.45, 2.75) is 33.2 Å². The Morgan fingerprint density at radius 2 is 1.95 bits per heavy atom. The van der Waals surface area contributed by atoms with Crippen LogP contribution in [0.5, 0.6) is 0 Å². The molecule has 1 aromatic carbocycles. The van der Waals surface area contributed by atoms with E-state index in [1.807, 2.05) is 7.05 Å². The van der Waals surface area contributed by atoms with E-state index in [1.165, 1.54) is 11.1 Å². The molecule has 0 aliphatic carbocycles. The number of aromatic nitrogens is 2. The molecule has 4 heteroatoms. The number of anilines is 2. The maximum atomic E-state index is 4.38. The number of aryl methyl sites for hydroxylation is 1. The lowest BCUT2D eigenvalue weighted by atomic mass is 10.1. The van der Waals surface area contributed by atoms with Gasteiger partial charge in [0, 0.05) is 19.2 Å². The first kappa shape index (κ1) is 14.3. The molecule has 2 rings (SSSR count). The third-order valence-corrected chi connectivity index (χ3v) is 3.22. The van der Waals surface area contributed by atoms with Gasteiger partial charge in [-0.05, 0) is 18.9 Å². The zero-order valence-electron chi connectivity index (χ0n) is 12.4. The molecule has 0 aliphatic heterocycles. The molecule has 0 radical (unpaired) electrons. The highest BCUT2D eigenvalue weighted by Gasteiger charge is 2.09. The minimum absolute atomic E-state index is 0.776. The van der Waals surface area contributed by atoms with Crippen LogP contribution in [-0.4, -0.2) is 17.0 Å². The highest BCUT2D eigenvalue weighted by molar-refractivity contribution is 5.57. The fraction of sp³-hybridized carbons (Fsp3) is 0.375. The molecule has 1 heterocycles. The van der Waals surface area contributed by atoms with Crippen molar-refractivity contribution in [1.82, 2.24) is 9.97 Å². The van der Waals surface area contributed by atoms with Crippen LogP contribution in [0.3, 0.4) is 0 Å². The summed E-state index contributed by atoms with van der Waals surface area (Å²) in [5.74, 6) is 1.83. The second-order valence-corrected chi connectivity index (χ2v) is 4.89. The molecule has 0 spiro atoms. The Bertz CT molecular complexity index is 566. The molecular weight excluding hydrogens is 248 g/mol. The van der Waals surface area contributed by atoms with Gasteiger partial charge < -0.3 is 10.6 Å². The van der Waals surface area contributed by atoms with E-state index in [0.717, 1.165) is 36.6 Å². The Morgan fingerprint density at radius 1 is 1.15 bits per heavy atom. The maximum Gasteiger partial charge on any atom is 0.134 e. The van der Waals surface area contributed by atoms with E-state index in [9.17, 15) is 0 Å². The van der Waals surface area contributed by atoms with Crippen LogP contribution in [0.15, 0.2) is 30.6 Å². The summed E-state index contributed by atoms with van der Waals surface area (Å²) in [6, 6.07) is 8.50. The van der Waals surface area contributed by atoms with E-state index in [2.05, 4.69) is 58.7 Å². The summed E-state index contributed by atoms with van der Waals surface area (Å²) in [6.07, 6.45) is 3.64. The molecule has 0 atom stereocenters. The maximum absolute atomic E-state index is 4.38. The van der Waals surface area contributed by atoms with Gasteiger partial charge in [-0.2, -0.15) is 0 Å². The molecule has 1 aromatic heterocycles. The summed E-state index contributed by atoms with van der Waals surface area (Å²) >= 11 is 0. The predicted molar refractivity (Wildman–Crippen MR) is 84.1 cm³/mol. The van der Waals surface area contributed by atoms with Gasteiger partial charge in [-0.25, -0.2) is 9.97 Å². The fourth-order valence-corrected chi connectivity index (χ4v) is 2.27. The highest BCUT2D eigenvalue weighted by Crippen LogP contribution is 2.21. The van der Waals surface area contributed by atoms with Crippen molar-refractivity contribution < 1.29 is 0 Å². The normalized spacial score (nSPS) is 10.3. The molecule has 0 unspecified atom stereocenters. The van der Waals surface area contributed by atoms with Gasteiger partial charge in [-0.3, -0.25) is 0 Å². The quantitative estimate of drug-likeness (QED) is 0.844. The number of hydrogen-bond acceptors (Lipinski definition) is 4. The summed E-state index contributed by atoms with van der Waals surface area (Å²) < 4.78 is 0. The molecule has 4 nitrogen and oxygen atoms in total. The van der Waals surface area contributed by atoms with Crippen molar-refractivity contribution >= 4 is 11.6 Å². The average Bonchev–Trinajstić information content (AvgIpc) is 2.46. The standard InChI is InChI=1S/C16H22N4/c1-4-6-14-15(17-3)19-11-20-16(14)18-10-13-8-5-7-12(2)9-13/h5,7-9,11H,4,6,10H2,1-3H3,(H2,17,18,19,20). The Hall–Kier alpha value is -2.10. The summed E-state index contributed by atoms with van der Waals surface area (Å²) in [4.78, 5) is 8.66. The average molecular weight is 270 g/mol. The third kappa shape index (κ3) is 3.47. The van der Waals surface area contributed by atoms with Gasteiger partial charge in [0.2, 0.25) is 0 Å². The molecule has 0 amide bonds. The van der Waals surface area contributed by atoms with Crippen molar-refractivity contribution in [2.24, 2.45) is 0 Å². The van der Waals surface area contributed by atoms with Gasteiger partial charge >= 0.3 is 0 Å². The summed E-state index contributed by atoms with van der Waals surface area (Å²) in [6.45, 7) is 5.05. The SMILES string of the molecule is CCCc1c(NC)ncnc1NCc1cccc(C)c1. The number of hydrogen-bond donors (Lipinski definition) is 2. The first-order valence-electron chi connectivity index (χ1n) is 7.05. The van der Waals surface area contributed by atoms with E-state index in [4.69, 9.17) is 0 Å². The molecule has 0 bridgehead atoms. The van der Waals surface area contributed by atoms with Crippen molar-refractivity contribution in [3.05, 3.63) is 47.3 Å². The lowest BCUT2D eigenvalue weighted by Crippen LogP contribution is -2.08. The van der Waals surface area contributed by atoms with Crippen LogP contribution in [0.1, 0.15) is 30.0 Å². The zero-order chi connectivity index (χ0) is 14.4. The second kappa shape index (κ2) is 6.89. The van der Waals surface area contributed by atoms with Crippen LogP contribution < -0.4 is 10.6 Å². The highest BCUT2D eigenvalue weighted by atomic mass is 15.1. The first-order chi connectivity index (χ1) is 9.74. The molecule has 20 heavy (non-hydrogen) atoms. The van der Waals surface area contributed by atoms with Crippen LogP contribution in [-0.2, 0) is 13.0 Å². The predicted octanol–water partition coefficient (Wildman–Crippen LogP) is 3.39. The first-order valence-corrected chi connectivity index (χ1v) is 7.05. The number of rotatable bonds is 6. The topological polar surface area (TPSA) is 49.8 Å². The molecule has 0 aliphatic rings. The molecule has 2 aromatic rings. The molecule has 0 saturated carbocycles. The fourth-order valence-electron chi connectivity index (χ4n) is 2.27. The molecule has 0 fully saturated rings. The van der Waals surface area contributed by atoms with E-state index >= 15 is 0 Å². The van der Waals surface area contributed by atoms with Crippen LogP contribution in [0.2, 0.25) is 0 Å². The second-order valence-electron chi connectivity index (χ2n) is 4.89.